The van der Waals surface area contributed by atoms with Crippen molar-refractivity contribution in [2.45, 2.75) is 96.3 Å². The smallest absolute Gasteiger partial charge is 0.404 e. The first-order chi connectivity index (χ1) is 22.1. The van der Waals surface area contributed by atoms with Gasteiger partial charge in [-0.05, 0) is 91.9 Å². The van der Waals surface area contributed by atoms with Crippen LogP contribution in [0, 0.1) is 30.1 Å². The molecule has 3 aromatic carbocycles. The maximum absolute atomic E-state index is 14.3. The van der Waals surface area contributed by atoms with Crippen molar-refractivity contribution < 1.29 is 18.9 Å². The first kappa shape index (κ1) is 31.2. The monoisotopic (exact) mass is 618 g/mol. The van der Waals surface area contributed by atoms with Crippen molar-refractivity contribution in [1.82, 2.24) is 10.6 Å². The van der Waals surface area contributed by atoms with Crippen LogP contribution in [0.4, 0.5) is 0 Å². The van der Waals surface area contributed by atoms with Gasteiger partial charge in [0.15, 0.2) is 0 Å². The van der Waals surface area contributed by atoms with E-state index in [4.69, 9.17) is 9.31 Å². The summed E-state index contributed by atoms with van der Waals surface area (Å²) in [5.74, 6) is 0.228. The second-order valence-corrected chi connectivity index (χ2v) is 15.1. The number of carbonyl (C=O) groups excluding carboxylic acids is 2. The molecule has 2 bridgehead atoms. The van der Waals surface area contributed by atoms with Gasteiger partial charge in [-0.25, -0.2) is 0 Å². The Labute approximate surface area is 274 Å². The number of nitrogens with one attached hydrogen (secondary N) is 2. The number of aryl methyl sites for hydroxylation is 2. The Balaban J connectivity index is 1.12. The lowest BCUT2D eigenvalue weighted by atomic mass is 9.43. The highest BCUT2D eigenvalue weighted by atomic mass is 16.7. The lowest BCUT2D eigenvalue weighted by molar-refractivity contribution is -0.199. The molecule has 1 saturated heterocycles. The highest BCUT2D eigenvalue weighted by molar-refractivity contribution is 6.48. The molecule has 2 amide bonds. The Hall–Kier alpha value is -3.42. The number of fused-ring (bicyclic) bond motifs is 1. The summed E-state index contributed by atoms with van der Waals surface area (Å²) in [4.78, 5) is 28.1. The summed E-state index contributed by atoms with van der Waals surface area (Å²) in [7, 11) is -0.571. The molecule has 0 spiro atoms. The van der Waals surface area contributed by atoms with E-state index in [1.807, 2.05) is 36.4 Å². The van der Waals surface area contributed by atoms with Gasteiger partial charge in [0.25, 0.3) is 0 Å². The summed E-state index contributed by atoms with van der Waals surface area (Å²) in [5.41, 5.74) is 5.68. The second-order valence-electron chi connectivity index (χ2n) is 15.1. The van der Waals surface area contributed by atoms with Crippen molar-refractivity contribution in [1.29, 1.82) is 0 Å². The van der Waals surface area contributed by atoms with Crippen molar-refractivity contribution in [3.63, 3.8) is 0 Å². The lowest BCUT2D eigenvalue weighted by Crippen LogP contribution is -2.65. The minimum absolute atomic E-state index is 0.0145. The average Bonchev–Trinajstić information content (AvgIpc) is 3.42. The molecule has 2 N–H and O–H groups in total. The van der Waals surface area contributed by atoms with E-state index in [2.05, 4.69) is 80.8 Å². The first-order valence-electron chi connectivity index (χ1n) is 17.2. The first-order valence-corrected chi connectivity index (χ1v) is 17.2. The Morgan fingerprint density at radius 3 is 2.30 bits per heavy atom. The third kappa shape index (κ3) is 5.93. The number of rotatable bonds is 9. The van der Waals surface area contributed by atoms with Crippen LogP contribution in [0.1, 0.15) is 67.9 Å². The zero-order valence-corrected chi connectivity index (χ0v) is 27.6. The van der Waals surface area contributed by atoms with E-state index in [1.165, 1.54) is 23.1 Å². The Morgan fingerprint density at radius 1 is 0.870 bits per heavy atom. The molecular formula is C39H47BN2O4. The standard InChI is InChI=1S/C39H47BN2O4/c1-25-14-16-27(17-15-25)21-35(40-45-34-24-31-23-33(38(31,2)3)39(34,4)46-40)42-37(44)32(20-26-10-6-5-7-11-26)41-36(43)30-19-18-28-12-8-9-13-29(28)22-30/h5-17,30-35H,18-24H2,1-4H3,(H,41,43)(H,42,44)/t30?,31-,32-,33-,34?,35-,39-/m0/s1. The molecule has 0 aromatic heterocycles. The summed E-state index contributed by atoms with van der Waals surface area (Å²) in [5, 5.41) is 6.52. The largest absolute Gasteiger partial charge is 0.482 e. The molecule has 7 heteroatoms. The third-order valence-corrected chi connectivity index (χ3v) is 11.8. The van der Waals surface area contributed by atoms with Gasteiger partial charge in [-0.15, -0.1) is 0 Å². The topological polar surface area (TPSA) is 76.7 Å². The van der Waals surface area contributed by atoms with Gasteiger partial charge in [-0.3, -0.25) is 9.59 Å². The normalized spacial score (nSPS) is 28.7. The molecule has 3 saturated carbocycles. The molecule has 8 rings (SSSR count). The van der Waals surface area contributed by atoms with Crippen molar-refractivity contribution in [2.75, 3.05) is 0 Å². The fourth-order valence-electron chi connectivity index (χ4n) is 8.82. The fraction of sp³-hybridized carbons (Fsp3) is 0.487. The third-order valence-electron chi connectivity index (χ3n) is 11.8. The van der Waals surface area contributed by atoms with Crippen LogP contribution in [0.15, 0.2) is 78.9 Å². The van der Waals surface area contributed by atoms with Crippen molar-refractivity contribution in [3.8, 4) is 0 Å². The summed E-state index contributed by atoms with van der Waals surface area (Å²) in [6, 6.07) is 26.0. The van der Waals surface area contributed by atoms with Gasteiger partial charge in [-0.1, -0.05) is 98.3 Å². The molecule has 3 aromatic rings. The summed E-state index contributed by atoms with van der Waals surface area (Å²) in [6.07, 6.45) is 5.49. The highest BCUT2D eigenvalue weighted by Gasteiger charge is 2.68. The van der Waals surface area contributed by atoms with Gasteiger partial charge >= 0.3 is 7.12 Å². The van der Waals surface area contributed by atoms with E-state index in [0.29, 0.717) is 31.1 Å². The van der Waals surface area contributed by atoms with Crippen LogP contribution in [0.5, 0.6) is 0 Å². The van der Waals surface area contributed by atoms with E-state index in [0.717, 1.165) is 30.4 Å². The molecule has 4 fully saturated rings. The number of hydrogen-bond donors (Lipinski definition) is 2. The van der Waals surface area contributed by atoms with Crippen LogP contribution in [-0.4, -0.2) is 42.6 Å². The summed E-state index contributed by atoms with van der Waals surface area (Å²) < 4.78 is 13.6. The number of hydrogen-bond acceptors (Lipinski definition) is 4. The van der Waals surface area contributed by atoms with E-state index < -0.39 is 19.1 Å². The number of carbonyl (C=O) groups is 2. The van der Waals surface area contributed by atoms with E-state index >= 15 is 0 Å². The molecule has 46 heavy (non-hydrogen) atoms. The van der Waals surface area contributed by atoms with Crippen LogP contribution in [0.3, 0.4) is 0 Å². The van der Waals surface area contributed by atoms with E-state index in [1.54, 1.807) is 0 Å². The van der Waals surface area contributed by atoms with Crippen LogP contribution in [0.2, 0.25) is 0 Å². The van der Waals surface area contributed by atoms with Gasteiger partial charge in [0, 0.05) is 12.3 Å². The fourth-order valence-corrected chi connectivity index (χ4v) is 8.82. The zero-order chi connectivity index (χ0) is 32.1. The molecule has 1 aliphatic heterocycles. The number of benzene rings is 3. The van der Waals surface area contributed by atoms with Gasteiger partial charge in [0.05, 0.1) is 17.6 Å². The molecule has 2 unspecified atom stereocenters. The maximum atomic E-state index is 14.3. The molecule has 240 valence electrons. The number of amides is 2. The predicted molar refractivity (Wildman–Crippen MR) is 181 cm³/mol. The summed E-state index contributed by atoms with van der Waals surface area (Å²) >= 11 is 0. The molecule has 7 atom stereocenters. The quantitative estimate of drug-likeness (QED) is 0.297. The predicted octanol–water partition coefficient (Wildman–Crippen LogP) is 5.82. The second kappa shape index (κ2) is 12.3. The minimum Gasteiger partial charge on any atom is -0.404 e. The van der Waals surface area contributed by atoms with E-state index in [9.17, 15) is 9.59 Å². The van der Waals surface area contributed by atoms with Gasteiger partial charge in [0.1, 0.15) is 6.04 Å². The molecule has 1 heterocycles. The van der Waals surface area contributed by atoms with Crippen molar-refractivity contribution in [3.05, 3.63) is 107 Å². The summed E-state index contributed by atoms with van der Waals surface area (Å²) in [6.45, 7) is 9.01. The lowest BCUT2D eigenvalue weighted by Gasteiger charge is -2.64. The molecule has 0 radical (unpaired) electrons. The zero-order valence-electron chi connectivity index (χ0n) is 27.6. The van der Waals surface area contributed by atoms with Gasteiger partial charge in [-0.2, -0.15) is 0 Å². The Kier molecular flexibility index (Phi) is 8.35. The Morgan fingerprint density at radius 2 is 1.57 bits per heavy atom. The maximum Gasteiger partial charge on any atom is 0.482 e. The van der Waals surface area contributed by atoms with Crippen LogP contribution in [-0.2, 0) is 44.6 Å². The average molecular weight is 619 g/mol. The SMILES string of the molecule is Cc1ccc(C[C@H](NC(=O)[C@H](Cc2ccccc2)NC(=O)C2CCc3ccccc3C2)B2OC3C[C@@H]4C[C@@H](C4(C)C)[C@]3(C)O2)cc1. The molecule has 6 nitrogen and oxygen atoms in total. The van der Waals surface area contributed by atoms with Gasteiger partial charge < -0.3 is 19.9 Å². The van der Waals surface area contributed by atoms with Crippen LogP contribution >= 0.6 is 0 Å². The van der Waals surface area contributed by atoms with Gasteiger partial charge in [0.2, 0.25) is 11.8 Å². The molecule has 4 aliphatic carbocycles. The Bertz CT molecular complexity index is 1580. The van der Waals surface area contributed by atoms with Crippen LogP contribution < -0.4 is 10.6 Å². The van der Waals surface area contributed by atoms with Crippen molar-refractivity contribution in [2.24, 2.45) is 23.2 Å². The van der Waals surface area contributed by atoms with Crippen LogP contribution in [0.25, 0.3) is 0 Å². The van der Waals surface area contributed by atoms with Crippen molar-refractivity contribution >= 4 is 18.9 Å². The molecular weight excluding hydrogens is 571 g/mol. The highest BCUT2D eigenvalue weighted by Crippen LogP contribution is 2.65. The van der Waals surface area contributed by atoms with E-state index in [-0.39, 0.29) is 34.9 Å². The minimum atomic E-state index is -0.724. The molecule has 5 aliphatic rings.